The van der Waals surface area contributed by atoms with Crippen LogP contribution in [0.5, 0.6) is 0 Å². The SMILES string of the molecule is COCc1ccc(CN2CCC(F)(CNC(=O)c3cc(Cl)cc(Cl)c3)CC2)o1. The van der Waals surface area contributed by atoms with Crippen molar-refractivity contribution in [3.05, 3.63) is 57.5 Å². The van der Waals surface area contributed by atoms with Crippen LogP contribution in [0.3, 0.4) is 0 Å². The highest BCUT2D eigenvalue weighted by Crippen LogP contribution is 2.27. The van der Waals surface area contributed by atoms with E-state index >= 15 is 4.39 Å². The average Bonchev–Trinajstić information content (AvgIpc) is 3.08. The molecule has 1 aliphatic heterocycles. The molecule has 1 aromatic heterocycles. The molecule has 0 radical (unpaired) electrons. The first-order chi connectivity index (χ1) is 13.4. The Morgan fingerprint density at radius 1 is 1.21 bits per heavy atom. The molecule has 1 aromatic carbocycles. The number of amides is 1. The quantitative estimate of drug-likeness (QED) is 0.706. The lowest BCUT2D eigenvalue weighted by molar-refractivity contribution is 0.0489. The van der Waals surface area contributed by atoms with Crippen molar-refractivity contribution in [1.29, 1.82) is 0 Å². The number of hydrogen-bond acceptors (Lipinski definition) is 4. The van der Waals surface area contributed by atoms with Gasteiger partial charge in [-0.05, 0) is 43.2 Å². The van der Waals surface area contributed by atoms with Crippen molar-refractivity contribution in [3.8, 4) is 0 Å². The summed E-state index contributed by atoms with van der Waals surface area (Å²) in [5.41, 5.74) is -1.11. The third-order valence-corrected chi connectivity index (χ3v) is 5.26. The van der Waals surface area contributed by atoms with Crippen molar-refractivity contribution >= 4 is 29.1 Å². The highest BCUT2D eigenvalue weighted by atomic mass is 35.5. The van der Waals surface area contributed by atoms with Crippen LogP contribution in [0.15, 0.2) is 34.7 Å². The molecule has 3 rings (SSSR count). The minimum atomic E-state index is -1.43. The molecule has 2 aromatic rings. The number of halogens is 3. The number of rotatable bonds is 7. The predicted octanol–water partition coefficient (Wildman–Crippen LogP) is 4.47. The van der Waals surface area contributed by atoms with E-state index in [0.717, 1.165) is 11.5 Å². The maximum absolute atomic E-state index is 15.1. The molecule has 0 aliphatic carbocycles. The van der Waals surface area contributed by atoms with E-state index in [1.807, 2.05) is 12.1 Å². The summed E-state index contributed by atoms with van der Waals surface area (Å²) in [5.74, 6) is 1.23. The molecule has 0 bridgehead atoms. The van der Waals surface area contributed by atoms with Crippen LogP contribution in [-0.2, 0) is 17.9 Å². The van der Waals surface area contributed by atoms with Crippen LogP contribution < -0.4 is 5.32 Å². The molecule has 0 saturated carbocycles. The number of benzene rings is 1. The fraction of sp³-hybridized carbons (Fsp3) is 0.450. The second-order valence-corrected chi connectivity index (χ2v) is 7.94. The first-order valence-corrected chi connectivity index (χ1v) is 9.84. The van der Waals surface area contributed by atoms with Crippen LogP contribution in [0.25, 0.3) is 0 Å². The minimum Gasteiger partial charge on any atom is -0.462 e. The molecule has 1 aliphatic rings. The van der Waals surface area contributed by atoms with Crippen LogP contribution in [0.4, 0.5) is 4.39 Å². The molecule has 28 heavy (non-hydrogen) atoms. The third kappa shape index (κ3) is 5.70. The summed E-state index contributed by atoms with van der Waals surface area (Å²) in [7, 11) is 1.62. The zero-order valence-electron chi connectivity index (χ0n) is 15.6. The minimum absolute atomic E-state index is 0.0391. The van der Waals surface area contributed by atoms with Crippen molar-refractivity contribution in [2.24, 2.45) is 0 Å². The lowest BCUT2D eigenvalue weighted by Crippen LogP contribution is -2.48. The van der Waals surface area contributed by atoms with Crippen LogP contribution >= 0.6 is 23.2 Å². The van der Waals surface area contributed by atoms with E-state index < -0.39 is 5.67 Å². The number of piperidine rings is 1. The summed E-state index contributed by atoms with van der Waals surface area (Å²) < 4.78 is 25.8. The van der Waals surface area contributed by atoms with Gasteiger partial charge in [-0.25, -0.2) is 4.39 Å². The van der Waals surface area contributed by atoms with Gasteiger partial charge in [0.15, 0.2) is 0 Å². The van der Waals surface area contributed by atoms with Gasteiger partial charge in [0, 0.05) is 35.8 Å². The molecule has 5 nitrogen and oxygen atoms in total. The molecule has 1 amide bonds. The number of hydrogen-bond donors (Lipinski definition) is 1. The van der Waals surface area contributed by atoms with Gasteiger partial charge < -0.3 is 14.5 Å². The second kappa shape index (κ2) is 9.27. The van der Waals surface area contributed by atoms with Crippen LogP contribution in [0.2, 0.25) is 10.0 Å². The van der Waals surface area contributed by atoms with Crippen molar-refractivity contribution in [2.75, 3.05) is 26.7 Å². The molecule has 1 fully saturated rings. The van der Waals surface area contributed by atoms with Crippen molar-refractivity contribution in [1.82, 2.24) is 10.2 Å². The molecule has 0 unspecified atom stereocenters. The standard InChI is InChI=1S/C20H23Cl2FN2O3/c1-27-12-18-3-2-17(28-18)11-25-6-4-20(23,5-7-25)13-24-19(26)14-8-15(21)10-16(22)9-14/h2-3,8-10H,4-7,11-13H2,1H3,(H,24,26). The Morgan fingerprint density at radius 3 is 2.50 bits per heavy atom. The van der Waals surface area contributed by atoms with Gasteiger partial charge in [0.2, 0.25) is 0 Å². The molecule has 0 atom stereocenters. The third-order valence-electron chi connectivity index (χ3n) is 4.83. The molecule has 2 heterocycles. The molecule has 8 heteroatoms. The average molecular weight is 429 g/mol. The zero-order valence-corrected chi connectivity index (χ0v) is 17.2. The Balaban J connectivity index is 1.48. The Labute approximate surface area is 173 Å². The smallest absolute Gasteiger partial charge is 0.251 e. The van der Waals surface area contributed by atoms with E-state index in [1.54, 1.807) is 13.2 Å². The maximum atomic E-state index is 15.1. The molecule has 0 spiro atoms. The number of nitrogens with one attached hydrogen (secondary N) is 1. The fourth-order valence-corrected chi connectivity index (χ4v) is 3.79. The topological polar surface area (TPSA) is 54.7 Å². The zero-order chi connectivity index (χ0) is 20.1. The highest BCUT2D eigenvalue weighted by molar-refractivity contribution is 6.35. The van der Waals surface area contributed by atoms with Crippen molar-refractivity contribution in [2.45, 2.75) is 31.7 Å². The number of carbonyl (C=O) groups excluding carboxylic acids is 1. The van der Waals surface area contributed by atoms with Crippen LogP contribution in [0.1, 0.15) is 34.7 Å². The van der Waals surface area contributed by atoms with Gasteiger partial charge >= 0.3 is 0 Å². The summed E-state index contributed by atoms with van der Waals surface area (Å²) in [6.07, 6.45) is 0.685. The molecule has 1 saturated heterocycles. The summed E-state index contributed by atoms with van der Waals surface area (Å²) in [6.45, 7) is 2.21. The van der Waals surface area contributed by atoms with Gasteiger partial charge in [-0.3, -0.25) is 9.69 Å². The number of carbonyl (C=O) groups is 1. The van der Waals surface area contributed by atoms with Gasteiger partial charge in [-0.15, -0.1) is 0 Å². The summed E-state index contributed by atoms with van der Waals surface area (Å²) in [5, 5.41) is 3.40. The van der Waals surface area contributed by atoms with E-state index in [-0.39, 0.29) is 12.5 Å². The normalized spacial score (nSPS) is 16.9. The lowest BCUT2D eigenvalue weighted by atomic mass is 9.93. The van der Waals surface area contributed by atoms with Gasteiger partial charge in [0.05, 0.1) is 13.1 Å². The number of nitrogens with zero attached hydrogens (tertiary/aromatic N) is 1. The van der Waals surface area contributed by atoms with Crippen molar-refractivity contribution in [3.63, 3.8) is 0 Å². The van der Waals surface area contributed by atoms with E-state index in [2.05, 4.69) is 10.2 Å². The highest BCUT2D eigenvalue weighted by Gasteiger charge is 2.35. The van der Waals surface area contributed by atoms with Crippen molar-refractivity contribution < 1.29 is 18.3 Å². The molecule has 152 valence electrons. The van der Waals surface area contributed by atoms with Gasteiger partial charge in [0.1, 0.15) is 23.8 Å². The Morgan fingerprint density at radius 2 is 1.86 bits per heavy atom. The summed E-state index contributed by atoms with van der Waals surface area (Å²) in [4.78, 5) is 14.4. The number of methoxy groups -OCH3 is 1. The Kier molecular flexibility index (Phi) is 6.99. The van der Waals surface area contributed by atoms with Crippen LogP contribution in [0, 0.1) is 0 Å². The number of furan rings is 1. The van der Waals surface area contributed by atoms with E-state index in [1.165, 1.54) is 12.1 Å². The summed E-state index contributed by atoms with van der Waals surface area (Å²) >= 11 is 11.8. The summed E-state index contributed by atoms with van der Waals surface area (Å²) in [6, 6.07) is 8.38. The first kappa shape index (κ1) is 21.1. The number of ether oxygens (including phenoxy) is 1. The Bertz CT molecular complexity index is 799. The van der Waals surface area contributed by atoms with Gasteiger partial charge in [-0.2, -0.15) is 0 Å². The fourth-order valence-electron chi connectivity index (χ4n) is 3.26. The monoisotopic (exact) mass is 428 g/mol. The van der Waals surface area contributed by atoms with Gasteiger partial charge in [-0.1, -0.05) is 23.2 Å². The maximum Gasteiger partial charge on any atom is 0.251 e. The molecule has 1 N–H and O–H groups in total. The van der Waals surface area contributed by atoms with E-state index in [0.29, 0.717) is 54.7 Å². The second-order valence-electron chi connectivity index (χ2n) is 7.07. The van der Waals surface area contributed by atoms with Gasteiger partial charge in [0.25, 0.3) is 5.91 Å². The predicted molar refractivity (Wildman–Crippen MR) is 107 cm³/mol. The molecular weight excluding hydrogens is 406 g/mol. The first-order valence-electron chi connectivity index (χ1n) is 9.09. The van der Waals surface area contributed by atoms with Crippen LogP contribution in [-0.4, -0.2) is 43.2 Å². The molecular formula is C20H23Cl2FN2O3. The largest absolute Gasteiger partial charge is 0.462 e. The number of likely N-dealkylation sites (tertiary alicyclic amines) is 1. The van der Waals surface area contributed by atoms with E-state index in [4.69, 9.17) is 32.4 Å². The number of alkyl halides is 1. The Hall–Kier alpha value is -1.60. The van der Waals surface area contributed by atoms with E-state index in [9.17, 15) is 4.79 Å². The lowest BCUT2D eigenvalue weighted by Gasteiger charge is -2.36.